The van der Waals surface area contributed by atoms with E-state index in [9.17, 15) is 0 Å². The molecule has 1 unspecified atom stereocenters. The van der Waals surface area contributed by atoms with Gasteiger partial charge in [0, 0.05) is 13.1 Å². The predicted molar refractivity (Wildman–Crippen MR) is 65.9 cm³/mol. The quantitative estimate of drug-likeness (QED) is 0.739. The zero-order valence-electron chi connectivity index (χ0n) is 10.5. The second-order valence-corrected chi connectivity index (χ2v) is 5.07. The van der Waals surface area contributed by atoms with Gasteiger partial charge < -0.3 is 15.5 Å². The van der Waals surface area contributed by atoms with Crippen LogP contribution in [0.4, 0.5) is 0 Å². The van der Waals surface area contributed by atoms with Crippen molar-refractivity contribution in [3.63, 3.8) is 0 Å². The maximum atomic E-state index is 8.61. The zero-order valence-corrected chi connectivity index (χ0v) is 10.5. The molecule has 92 valence electrons. The van der Waals surface area contributed by atoms with Crippen molar-refractivity contribution in [1.29, 1.82) is 5.26 Å². The van der Waals surface area contributed by atoms with Crippen LogP contribution in [0.3, 0.4) is 0 Å². The van der Waals surface area contributed by atoms with Gasteiger partial charge in [-0.1, -0.05) is 0 Å². The van der Waals surface area contributed by atoms with Gasteiger partial charge in [0.1, 0.15) is 0 Å². The smallest absolute Gasteiger partial charge is 0.0940 e. The molecule has 1 rings (SSSR count). The summed E-state index contributed by atoms with van der Waals surface area (Å²) in [5, 5.41) is 8.61. The Morgan fingerprint density at radius 2 is 2.06 bits per heavy atom. The summed E-state index contributed by atoms with van der Waals surface area (Å²) in [4.78, 5) is 4.70. The molecular formula is C12H24N4. The SMILES string of the molecule is CN(C)CC1CCN(CCC(N)C#N)CC1. The van der Waals surface area contributed by atoms with Crippen molar-refractivity contribution < 1.29 is 0 Å². The second-order valence-electron chi connectivity index (χ2n) is 5.07. The molecule has 1 aliphatic rings. The van der Waals surface area contributed by atoms with E-state index >= 15 is 0 Å². The Morgan fingerprint density at radius 3 is 2.56 bits per heavy atom. The molecule has 2 N–H and O–H groups in total. The van der Waals surface area contributed by atoms with Crippen LogP contribution in [0, 0.1) is 17.2 Å². The maximum absolute atomic E-state index is 8.61. The lowest BCUT2D eigenvalue weighted by Crippen LogP contribution is -2.39. The highest BCUT2D eigenvalue weighted by atomic mass is 15.1. The van der Waals surface area contributed by atoms with Crippen LogP contribution in [0.1, 0.15) is 19.3 Å². The summed E-state index contributed by atoms with van der Waals surface area (Å²) in [6, 6.07) is 1.79. The average molecular weight is 224 g/mol. The van der Waals surface area contributed by atoms with Gasteiger partial charge in [0.2, 0.25) is 0 Å². The van der Waals surface area contributed by atoms with Gasteiger partial charge in [0.05, 0.1) is 12.1 Å². The van der Waals surface area contributed by atoms with Gasteiger partial charge in [-0.2, -0.15) is 5.26 Å². The molecular weight excluding hydrogens is 200 g/mol. The van der Waals surface area contributed by atoms with Gasteiger partial charge in [-0.25, -0.2) is 0 Å². The third kappa shape index (κ3) is 4.93. The number of nitrogens with two attached hydrogens (primary N) is 1. The fourth-order valence-corrected chi connectivity index (χ4v) is 2.30. The summed E-state index contributed by atoms with van der Waals surface area (Å²) >= 11 is 0. The lowest BCUT2D eigenvalue weighted by molar-refractivity contribution is 0.160. The van der Waals surface area contributed by atoms with Crippen LogP contribution in [0.5, 0.6) is 0 Å². The van der Waals surface area contributed by atoms with Gasteiger partial charge in [-0.05, 0) is 52.4 Å². The van der Waals surface area contributed by atoms with Crippen molar-refractivity contribution in [2.24, 2.45) is 11.7 Å². The van der Waals surface area contributed by atoms with E-state index in [0.717, 1.165) is 32.0 Å². The molecule has 4 nitrogen and oxygen atoms in total. The zero-order chi connectivity index (χ0) is 12.0. The maximum Gasteiger partial charge on any atom is 0.0940 e. The molecule has 1 fully saturated rings. The van der Waals surface area contributed by atoms with Crippen molar-refractivity contribution >= 4 is 0 Å². The Balaban J connectivity index is 2.15. The van der Waals surface area contributed by atoms with E-state index in [-0.39, 0.29) is 6.04 Å². The van der Waals surface area contributed by atoms with Crippen molar-refractivity contribution in [2.45, 2.75) is 25.3 Å². The van der Waals surface area contributed by atoms with Crippen LogP contribution >= 0.6 is 0 Å². The first kappa shape index (κ1) is 13.4. The van der Waals surface area contributed by atoms with Crippen molar-refractivity contribution in [2.75, 3.05) is 40.3 Å². The standard InChI is InChI=1S/C12H24N4/c1-15(2)10-11-3-6-16(7-4-11)8-5-12(14)9-13/h11-12H,3-8,10,14H2,1-2H3. The van der Waals surface area contributed by atoms with E-state index in [4.69, 9.17) is 11.0 Å². The summed E-state index contributed by atoms with van der Waals surface area (Å²) in [7, 11) is 4.27. The van der Waals surface area contributed by atoms with Crippen LogP contribution in [-0.4, -0.2) is 56.1 Å². The fourth-order valence-electron chi connectivity index (χ4n) is 2.30. The minimum absolute atomic E-state index is 0.292. The molecule has 0 radical (unpaired) electrons. The first-order chi connectivity index (χ1) is 7.61. The number of hydrogen-bond donors (Lipinski definition) is 1. The lowest BCUT2D eigenvalue weighted by Gasteiger charge is -2.33. The van der Waals surface area contributed by atoms with E-state index in [1.165, 1.54) is 19.4 Å². The molecule has 0 aliphatic carbocycles. The molecule has 0 spiro atoms. The molecule has 1 atom stereocenters. The minimum Gasteiger partial charge on any atom is -0.316 e. The lowest BCUT2D eigenvalue weighted by atomic mass is 9.96. The van der Waals surface area contributed by atoms with E-state index in [0.29, 0.717) is 0 Å². The summed E-state index contributed by atoms with van der Waals surface area (Å²) in [6.07, 6.45) is 3.36. The van der Waals surface area contributed by atoms with Crippen molar-refractivity contribution in [3.05, 3.63) is 0 Å². The Morgan fingerprint density at radius 1 is 1.44 bits per heavy atom. The highest BCUT2D eigenvalue weighted by molar-refractivity contribution is 4.87. The molecule has 0 bridgehead atoms. The Hall–Kier alpha value is -0.630. The molecule has 0 saturated carbocycles. The third-order valence-corrected chi connectivity index (χ3v) is 3.25. The topological polar surface area (TPSA) is 56.3 Å². The summed E-state index contributed by atoms with van der Waals surface area (Å²) in [5.74, 6) is 0.843. The third-order valence-electron chi connectivity index (χ3n) is 3.25. The molecule has 0 aromatic carbocycles. The summed E-state index contributed by atoms with van der Waals surface area (Å²) in [5.41, 5.74) is 5.59. The van der Waals surface area contributed by atoms with Crippen molar-refractivity contribution in [1.82, 2.24) is 9.80 Å². The average Bonchev–Trinajstić information content (AvgIpc) is 2.27. The first-order valence-electron chi connectivity index (χ1n) is 6.14. The van der Waals surface area contributed by atoms with E-state index < -0.39 is 0 Å². The molecule has 4 heteroatoms. The first-order valence-corrected chi connectivity index (χ1v) is 6.14. The largest absolute Gasteiger partial charge is 0.316 e. The van der Waals surface area contributed by atoms with Crippen LogP contribution in [0.2, 0.25) is 0 Å². The van der Waals surface area contributed by atoms with Gasteiger partial charge in [-0.3, -0.25) is 0 Å². The van der Waals surface area contributed by atoms with Crippen molar-refractivity contribution in [3.8, 4) is 6.07 Å². The molecule has 1 saturated heterocycles. The molecule has 1 aliphatic heterocycles. The second kappa shape index (κ2) is 6.85. The monoisotopic (exact) mass is 224 g/mol. The number of rotatable bonds is 5. The molecule has 1 heterocycles. The fraction of sp³-hybridized carbons (Fsp3) is 0.917. The Kier molecular flexibility index (Phi) is 5.75. The molecule has 16 heavy (non-hydrogen) atoms. The van der Waals surface area contributed by atoms with E-state index in [2.05, 4.69) is 30.0 Å². The van der Waals surface area contributed by atoms with E-state index in [1.807, 2.05) is 0 Å². The van der Waals surface area contributed by atoms with Crippen LogP contribution in [0.15, 0.2) is 0 Å². The van der Waals surface area contributed by atoms with E-state index in [1.54, 1.807) is 0 Å². The number of likely N-dealkylation sites (tertiary alicyclic amines) is 1. The minimum atomic E-state index is -0.292. The van der Waals surface area contributed by atoms with Crippen LogP contribution in [-0.2, 0) is 0 Å². The summed E-state index contributed by atoms with van der Waals surface area (Å²) < 4.78 is 0. The Bertz CT molecular complexity index is 226. The van der Waals surface area contributed by atoms with Gasteiger partial charge in [-0.15, -0.1) is 0 Å². The number of hydrogen-bond acceptors (Lipinski definition) is 4. The Labute approximate surface area is 99.0 Å². The number of piperidine rings is 1. The highest BCUT2D eigenvalue weighted by Crippen LogP contribution is 2.17. The van der Waals surface area contributed by atoms with Gasteiger partial charge >= 0.3 is 0 Å². The number of nitriles is 1. The normalized spacial score (nSPS) is 20.9. The van der Waals surface area contributed by atoms with Crippen LogP contribution < -0.4 is 5.73 Å². The molecule has 0 aromatic rings. The predicted octanol–water partition coefficient (Wildman–Crippen LogP) is 0.501. The van der Waals surface area contributed by atoms with Gasteiger partial charge in [0.25, 0.3) is 0 Å². The highest BCUT2D eigenvalue weighted by Gasteiger charge is 2.19. The summed E-state index contributed by atoms with van der Waals surface area (Å²) in [6.45, 7) is 4.50. The molecule has 0 amide bonds. The molecule has 0 aromatic heterocycles. The van der Waals surface area contributed by atoms with Crippen LogP contribution in [0.25, 0.3) is 0 Å². The van der Waals surface area contributed by atoms with Gasteiger partial charge in [0.15, 0.2) is 0 Å². The number of nitrogens with zero attached hydrogens (tertiary/aromatic N) is 3.